The highest BCUT2D eigenvalue weighted by molar-refractivity contribution is 5.95. The lowest BCUT2D eigenvalue weighted by atomic mass is 10.1. The second-order valence-corrected chi connectivity index (χ2v) is 10.2. The summed E-state index contributed by atoms with van der Waals surface area (Å²) < 4.78 is 6.39. The first-order valence-electron chi connectivity index (χ1n) is 13.0. The van der Waals surface area contributed by atoms with Crippen LogP contribution in [0.15, 0.2) is 42.6 Å². The van der Waals surface area contributed by atoms with Gasteiger partial charge in [0.15, 0.2) is 0 Å². The van der Waals surface area contributed by atoms with Crippen LogP contribution in [0.2, 0.25) is 0 Å². The summed E-state index contributed by atoms with van der Waals surface area (Å²) in [5.41, 5.74) is 5.05. The molecule has 8 heteroatoms. The van der Waals surface area contributed by atoms with Crippen LogP contribution in [0.5, 0.6) is 0 Å². The summed E-state index contributed by atoms with van der Waals surface area (Å²) in [4.78, 5) is 16.8. The highest BCUT2D eigenvalue weighted by Gasteiger charge is 2.30. The number of nitrogens with zero attached hydrogens (tertiary/aromatic N) is 6. The maximum Gasteiger partial charge on any atom is 0.128 e. The minimum absolute atomic E-state index is 0.133. The molecule has 3 aliphatic heterocycles. The highest BCUT2D eigenvalue weighted by Crippen LogP contribution is 2.31. The van der Waals surface area contributed by atoms with E-state index in [1.54, 1.807) is 6.20 Å². The summed E-state index contributed by atoms with van der Waals surface area (Å²) in [6, 6.07) is 15.1. The van der Waals surface area contributed by atoms with Gasteiger partial charge < -0.3 is 19.9 Å². The van der Waals surface area contributed by atoms with E-state index in [2.05, 4.69) is 69.2 Å². The average molecular weight is 484 g/mol. The third-order valence-corrected chi connectivity index (χ3v) is 7.73. The summed E-state index contributed by atoms with van der Waals surface area (Å²) in [7, 11) is 0. The molecule has 0 spiro atoms. The zero-order chi connectivity index (χ0) is 24.6. The largest absolute Gasteiger partial charge is 0.370 e. The number of nitriles is 1. The van der Waals surface area contributed by atoms with E-state index in [-0.39, 0.29) is 12.2 Å². The van der Waals surface area contributed by atoms with E-state index < -0.39 is 0 Å². The summed E-state index contributed by atoms with van der Waals surface area (Å²) in [5, 5.41) is 14.0. The van der Waals surface area contributed by atoms with Gasteiger partial charge in [-0.1, -0.05) is 6.07 Å². The first-order valence-corrected chi connectivity index (χ1v) is 13.0. The number of aromatic nitrogens is 2. The third-order valence-electron chi connectivity index (χ3n) is 7.73. The average Bonchev–Trinajstić information content (AvgIpc) is 3.28. The maximum absolute atomic E-state index is 9.51. The molecular formula is C28H33N7O. The van der Waals surface area contributed by atoms with Gasteiger partial charge in [0, 0.05) is 75.7 Å². The number of ether oxygens (including phenoxy) is 1. The maximum atomic E-state index is 9.51. The Kier molecular flexibility index (Phi) is 6.22. The Balaban J connectivity index is 1.11. The standard InChI is InChI=1S/C28H33N7O/c1-19-16-35(26-7-5-21(14-29)28-24(26)4-3-9-30-28)18-22(36-19)17-33-10-12-34(13-11-33)27-8-6-23-20(2)31-15-25(23)32-27/h3-9,19-20,22,31H,10-13,15-18H2,1-2H3. The molecule has 0 aliphatic carbocycles. The SMILES string of the molecule is CC1CN(c2ccc(C#N)c3ncccc23)CC(CN2CCN(c3ccc4c(n3)CNC4C)CC2)O1. The molecule has 2 aromatic heterocycles. The Hall–Kier alpha value is -3.25. The Morgan fingerprint density at radius 3 is 2.75 bits per heavy atom. The van der Waals surface area contributed by atoms with Gasteiger partial charge in [-0.15, -0.1) is 0 Å². The van der Waals surface area contributed by atoms with Crippen molar-refractivity contribution in [2.24, 2.45) is 0 Å². The fourth-order valence-corrected chi connectivity index (χ4v) is 5.89. The van der Waals surface area contributed by atoms with Crippen molar-refractivity contribution in [1.82, 2.24) is 20.2 Å². The molecule has 2 fully saturated rings. The summed E-state index contributed by atoms with van der Waals surface area (Å²) >= 11 is 0. The van der Waals surface area contributed by atoms with E-state index >= 15 is 0 Å². The molecule has 186 valence electrons. The van der Waals surface area contributed by atoms with Gasteiger partial charge in [-0.2, -0.15) is 5.26 Å². The van der Waals surface area contributed by atoms with Crippen LogP contribution in [0.3, 0.4) is 0 Å². The van der Waals surface area contributed by atoms with Crippen LogP contribution >= 0.6 is 0 Å². The number of anilines is 2. The first-order chi connectivity index (χ1) is 17.6. The smallest absolute Gasteiger partial charge is 0.128 e. The van der Waals surface area contributed by atoms with E-state index in [0.717, 1.165) is 74.8 Å². The molecular weight excluding hydrogens is 450 g/mol. The molecule has 0 saturated carbocycles. The number of piperazine rings is 1. The van der Waals surface area contributed by atoms with Crippen LogP contribution in [0.25, 0.3) is 10.9 Å². The van der Waals surface area contributed by atoms with E-state index in [1.165, 1.54) is 11.3 Å². The van der Waals surface area contributed by atoms with Crippen LogP contribution in [0.1, 0.15) is 36.7 Å². The lowest BCUT2D eigenvalue weighted by Crippen LogP contribution is -2.54. The lowest BCUT2D eigenvalue weighted by molar-refractivity contribution is -0.0327. The molecule has 1 N–H and O–H groups in total. The normalized spacial score (nSPS) is 24.6. The molecule has 3 aromatic rings. The summed E-state index contributed by atoms with van der Waals surface area (Å²) in [6.07, 6.45) is 2.03. The number of nitrogens with one attached hydrogen (secondary N) is 1. The molecule has 36 heavy (non-hydrogen) atoms. The number of rotatable bonds is 4. The number of hydrogen-bond donors (Lipinski definition) is 1. The van der Waals surface area contributed by atoms with Crippen LogP contribution in [0.4, 0.5) is 11.5 Å². The van der Waals surface area contributed by atoms with E-state index in [1.807, 2.05) is 12.1 Å². The van der Waals surface area contributed by atoms with Gasteiger partial charge >= 0.3 is 0 Å². The predicted octanol–water partition coefficient (Wildman–Crippen LogP) is 3.08. The van der Waals surface area contributed by atoms with Gasteiger partial charge in [0.25, 0.3) is 0 Å². The quantitative estimate of drug-likeness (QED) is 0.607. The minimum Gasteiger partial charge on any atom is -0.370 e. The van der Waals surface area contributed by atoms with Gasteiger partial charge in [-0.25, -0.2) is 4.98 Å². The van der Waals surface area contributed by atoms with Gasteiger partial charge in [0.05, 0.1) is 29.0 Å². The molecule has 3 unspecified atom stereocenters. The van der Waals surface area contributed by atoms with Crippen molar-refractivity contribution in [3.8, 4) is 6.07 Å². The Morgan fingerprint density at radius 2 is 1.92 bits per heavy atom. The zero-order valence-electron chi connectivity index (χ0n) is 21.0. The van der Waals surface area contributed by atoms with Crippen molar-refractivity contribution >= 4 is 22.4 Å². The molecule has 5 heterocycles. The van der Waals surface area contributed by atoms with E-state index in [0.29, 0.717) is 11.6 Å². The van der Waals surface area contributed by atoms with Gasteiger partial charge in [-0.3, -0.25) is 9.88 Å². The van der Waals surface area contributed by atoms with Crippen LogP contribution < -0.4 is 15.1 Å². The van der Waals surface area contributed by atoms with Gasteiger partial charge in [0.1, 0.15) is 11.9 Å². The van der Waals surface area contributed by atoms with Crippen molar-refractivity contribution in [2.75, 3.05) is 55.6 Å². The van der Waals surface area contributed by atoms with Crippen molar-refractivity contribution in [3.05, 3.63) is 59.4 Å². The minimum atomic E-state index is 0.133. The number of hydrogen-bond acceptors (Lipinski definition) is 8. The predicted molar refractivity (Wildman–Crippen MR) is 141 cm³/mol. The monoisotopic (exact) mass is 483 g/mol. The number of pyridine rings is 2. The van der Waals surface area contributed by atoms with E-state index in [9.17, 15) is 5.26 Å². The van der Waals surface area contributed by atoms with Gasteiger partial charge in [-0.05, 0) is 49.7 Å². The number of benzene rings is 1. The second kappa shape index (κ2) is 9.66. The van der Waals surface area contributed by atoms with Crippen LogP contribution in [0, 0.1) is 11.3 Å². The molecule has 0 bridgehead atoms. The van der Waals surface area contributed by atoms with Crippen molar-refractivity contribution in [3.63, 3.8) is 0 Å². The highest BCUT2D eigenvalue weighted by atomic mass is 16.5. The third kappa shape index (κ3) is 4.39. The van der Waals surface area contributed by atoms with Crippen molar-refractivity contribution < 1.29 is 4.74 Å². The molecule has 0 amide bonds. The second-order valence-electron chi connectivity index (χ2n) is 10.2. The molecule has 3 atom stereocenters. The zero-order valence-corrected chi connectivity index (χ0v) is 21.0. The molecule has 1 aromatic carbocycles. The molecule has 8 nitrogen and oxygen atoms in total. The molecule has 2 saturated heterocycles. The lowest BCUT2D eigenvalue weighted by Gasteiger charge is -2.42. The van der Waals surface area contributed by atoms with Crippen molar-refractivity contribution in [1.29, 1.82) is 5.26 Å². The molecule has 6 rings (SSSR count). The van der Waals surface area contributed by atoms with E-state index in [4.69, 9.17) is 9.72 Å². The van der Waals surface area contributed by atoms with Crippen molar-refractivity contribution in [2.45, 2.75) is 38.6 Å². The van der Waals surface area contributed by atoms with Crippen LogP contribution in [-0.2, 0) is 11.3 Å². The number of morpholine rings is 1. The fraction of sp³-hybridized carbons (Fsp3) is 0.464. The number of fused-ring (bicyclic) bond motifs is 2. The summed E-state index contributed by atoms with van der Waals surface area (Å²) in [5.74, 6) is 1.10. The molecule has 0 radical (unpaired) electrons. The first kappa shape index (κ1) is 23.2. The molecule has 3 aliphatic rings. The topological polar surface area (TPSA) is 80.6 Å². The Morgan fingerprint density at radius 1 is 1.06 bits per heavy atom. The Bertz CT molecular complexity index is 1300. The van der Waals surface area contributed by atoms with Crippen LogP contribution in [-0.4, -0.2) is 72.9 Å². The summed E-state index contributed by atoms with van der Waals surface area (Å²) in [6.45, 7) is 11.8. The van der Waals surface area contributed by atoms with Gasteiger partial charge in [0.2, 0.25) is 0 Å². The fourth-order valence-electron chi connectivity index (χ4n) is 5.89. The Labute approximate surface area is 212 Å².